The Morgan fingerprint density at radius 1 is 0.967 bits per heavy atom. The largest absolute Gasteiger partial charge is 0.325 e. The molecular formula is C23H23N3O4. The standard InChI is InChI=1S/C23H23N3O4/c1-14(2)12-25-19-9-8-16(11-15(19)7-10-21(25)28)24-20(27)13-26-22(29)17-5-3-4-6-18(17)23(26)30/h3-6,8-9,11,14H,7,10,12-13H2,1-2H3,(H,24,27). The minimum atomic E-state index is -0.459. The Morgan fingerprint density at radius 3 is 2.27 bits per heavy atom. The van der Waals surface area contributed by atoms with Crippen molar-refractivity contribution in [2.75, 3.05) is 23.3 Å². The SMILES string of the molecule is CC(C)CN1C(=O)CCc2cc(NC(=O)CN3C(=O)c4ccccc4C3=O)ccc21. The average Bonchev–Trinajstić information content (AvgIpc) is 2.95. The number of benzene rings is 2. The van der Waals surface area contributed by atoms with Crippen molar-refractivity contribution >= 4 is 35.0 Å². The molecule has 2 aliphatic rings. The number of fused-ring (bicyclic) bond motifs is 2. The quantitative estimate of drug-likeness (QED) is 0.775. The summed E-state index contributed by atoms with van der Waals surface area (Å²) in [6, 6.07) is 12.0. The molecule has 7 nitrogen and oxygen atoms in total. The molecule has 30 heavy (non-hydrogen) atoms. The molecule has 2 aromatic carbocycles. The lowest BCUT2D eigenvalue weighted by molar-refractivity contribution is -0.119. The lowest BCUT2D eigenvalue weighted by Gasteiger charge is -2.31. The molecule has 0 unspecified atom stereocenters. The molecule has 4 rings (SSSR count). The molecule has 154 valence electrons. The van der Waals surface area contributed by atoms with Gasteiger partial charge < -0.3 is 10.2 Å². The predicted octanol–water partition coefficient (Wildman–Crippen LogP) is 2.86. The molecule has 0 aromatic heterocycles. The second-order valence-corrected chi connectivity index (χ2v) is 8.03. The van der Waals surface area contributed by atoms with Crippen LogP contribution in [0.1, 0.15) is 46.5 Å². The fourth-order valence-electron chi connectivity index (χ4n) is 3.93. The van der Waals surface area contributed by atoms with Crippen LogP contribution >= 0.6 is 0 Å². The van der Waals surface area contributed by atoms with Crippen molar-refractivity contribution in [3.05, 3.63) is 59.2 Å². The third kappa shape index (κ3) is 3.58. The van der Waals surface area contributed by atoms with Crippen molar-refractivity contribution in [3.63, 3.8) is 0 Å². The maximum absolute atomic E-state index is 12.5. The first-order valence-corrected chi connectivity index (χ1v) is 10.0. The number of hydrogen-bond donors (Lipinski definition) is 1. The highest BCUT2D eigenvalue weighted by Crippen LogP contribution is 2.31. The number of nitrogens with zero attached hydrogens (tertiary/aromatic N) is 2. The molecule has 0 atom stereocenters. The van der Waals surface area contributed by atoms with Gasteiger partial charge in [-0.2, -0.15) is 0 Å². The molecule has 0 spiro atoms. The van der Waals surface area contributed by atoms with Crippen molar-refractivity contribution in [1.29, 1.82) is 0 Å². The van der Waals surface area contributed by atoms with Crippen LogP contribution in [0.5, 0.6) is 0 Å². The topological polar surface area (TPSA) is 86.8 Å². The number of amides is 4. The summed E-state index contributed by atoms with van der Waals surface area (Å²) in [6.45, 7) is 4.43. The number of rotatable bonds is 5. The first kappa shape index (κ1) is 19.8. The minimum Gasteiger partial charge on any atom is -0.325 e. The molecule has 2 heterocycles. The van der Waals surface area contributed by atoms with Crippen molar-refractivity contribution in [1.82, 2.24) is 4.90 Å². The van der Waals surface area contributed by atoms with Gasteiger partial charge in [-0.05, 0) is 48.2 Å². The lowest BCUT2D eigenvalue weighted by atomic mass is 9.99. The highest BCUT2D eigenvalue weighted by Gasteiger charge is 2.36. The van der Waals surface area contributed by atoms with Crippen LogP contribution in [0.2, 0.25) is 0 Å². The van der Waals surface area contributed by atoms with Crippen LogP contribution in [-0.2, 0) is 16.0 Å². The predicted molar refractivity (Wildman–Crippen MR) is 112 cm³/mol. The molecule has 2 aromatic rings. The smallest absolute Gasteiger partial charge is 0.262 e. The molecule has 2 aliphatic heterocycles. The van der Waals surface area contributed by atoms with E-state index in [4.69, 9.17) is 0 Å². The fourth-order valence-corrected chi connectivity index (χ4v) is 3.93. The van der Waals surface area contributed by atoms with E-state index in [9.17, 15) is 19.2 Å². The van der Waals surface area contributed by atoms with Crippen LogP contribution in [0.15, 0.2) is 42.5 Å². The van der Waals surface area contributed by atoms with E-state index in [1.54, 1.807) is 35.2 Å². The van der Waals surface area contributed by atoms with E-state index in [0.717, 1.165) is 16.2 Å². The summed E-state index contributed by atoms with van der Waals surface area (Å²) >= 11 is 0. The average molecular weight is 405 g/mol. The van der Waals surface area contributed by atoms with Crippen molar-refractivity contribution < 1.29 is 19.2 Å². The van der Waals surface area contributed by atoms with Gasteiger partial charge in [-0.1, -0.05) is 26.0 Å². The first-order valence-electron chi connectivity index (χ1n) is 10.0. The number of hydrogen-bond acceptors (Lipinski definition) is 4. The molecule has 0 aliphatic carbocycles. The molecule has 0 fully saturated rings. The van der Waals surface area contributed by atoms with Crippen LogP contribution in [-0.4, -0.2) is 41.6 Å². The van der Waals surface area contributed by atoms with Gasteiger partial charge in [-0.15, -0.1) is 0 Å². The van der Waals surface area contributed by atoms with Crippen molar-refractivity contribution in [3.8, 4) is 0 Å². The Balaban J connectivity index is 1.47. The zero-order chi connectivity index (χ0) is 21.4. The van der Waals surface area contributed by atoms with E-state index >= 15 is 0 Å². The normalized spacial score (nSPS) is 15.5. The Labute approximate surface area is 174 Å². The Bertz CT molecular complexity index is 1030. The molecule has 4 amide bonds. The molecule has 0 saturated heterocycles. The van der Waals surface area contributed by atoms with Crippen LogP contribution in [0.4, 0.5) is 11.4 Å². The van der Waals surface area contributed by atoms with E-state index in [2.05, 4.69) is 19.2 Å². The second-order valence-electron chi connectivity index (χ2n) is 8.03. The maximum atomic E-state index is 12.5. The molecule has 7 heteroatoms. The van der Waals surface area contributed by atoms with Crippen molar-refractivity contribution in [2.45, 2.75) is 26.7 Å². The summed E-state index contributed by atoms with van der Waals surface area (Å²) < 4.78 is 0. The first-order chi connectivity index (χ1) is 14.3. The van der Waals surface area contributed by atoms with E-state index in [-0.39, 0.29) is 12.5 Å². The monoisotopic (exact) mass is 405 g/mol. The van der Waals surface area contributed by atoms with Gasteiger partial charge in [0.15, 0.2) is 0 Å². The van der Waals surface area contributed by atoms with Gasteiger partial charge in [0.25, 0.3) is 11.8 Å². The number of carbonyl (C=O) groups is 4. The Morgan fingerprint density at radius 2 is 1.63 bits per heavy atom. The van der Waals surface area contributed by atoms with E-state index in [1.165, 1.54) is 0 Å². The fraction of sp³-hybridized carbons (Fsp3) is 0.304. The highest BCUT2D eigenvalue weighted by atomic mass is 16.2. The molecule has 0 bridgehead atoms. The Hall–Kier alpha value is -3.48. The summed E-state index contributed by atoms with van der Waals surface area (Å²) in [6.07, 6.45) is 1.05. The van der Waals surface area contributed by atoms with Gasteiger partial charge in [0.2, 0.25) is 11.8 Å². The maximum Gasteiger partial charge on any atom is 0.262 e. The van der Waals surface area contributed by atoms with Crippen LogP contribution in [0.25, 0.3) is 0 Å². The number of aryl methyl sites for hydroxylation is 1. The van der Waals surface area contributed by atoms with Gasteiger partial charge in [0, 0.05) is 24.3 Å². The zero-order valence-electron chi connectivity index (χ0n) is 17.0. The summed E-state index contributed by atoms with van der Waals surface area (Å²) in [7, 11) is 0. The molecular weight excluding hydrogens is 382 g/mol. The summed E-state index contributed by atoms with van der Waals surface area (Å²) in [5.74, 6) is -0.911. The zero-order valence-corrected chi connectivity index (χ0v) is 17.0. The molecule has 0 saturated carbocycles. The van der Waals surface area contributed by atoms with Crippen molar-refractivity contribution in [2.24, 2.45) is 5.92 Å². The van der Waals surface area contributed by atoms with E-state index in [1.807, 2.05) is 12.1 Å². The van der Waals surface area contributed by atoms with E-state index in [0.29, 0.717) is 42.1 Å². The number of imide groups is 1. The number of nitrogens with one attached hydrogen (secondary N) is 1. The van der Waals surface area contributed by atoms with Crippen LogP contribution in [0, 0.1) is 5.92 Å². The Kier molecular flexibility index (Phi) is 5.11. The minimum absolute atomic E-state index is 0.110. The highest BCUT2D eigenvalue weighted by molar-refractivity contribution is 6.22. The van der Waals surface area contributed by atoms with E-state index < -0.39 is 17.7 Å². The third-order valence-corrected chi connectivity index (χ3v) is 5.29. The lowest BCUT2D eigenvalue weighted by Crippen LogP contribution is -2.38. The van der Waals surface area contributed by atoms with Gasteiger partial charge in [-0.25, -0.2) is 0 Å². The summed E-state index contributed by atoms with van der Waals surface area (Å²) in [5, 5.41) is 2.77. The molecule has 1 N–H and O–H groups in total. The van der Waals surface area contributed by atoms with Gasteiger partial charge >= 0.3 is 0 Å². The molecule has 0 radical (unpaired) electrons. The second kappa shape index (κ2) is 7.74. The number of anilines is 2. The third-order valence-electron chi connectivity index (χ3n) is 5.29. The number of carbonyl (C=O) groups excluding carboxylic acids is 4. The van der Waals surface area contributed by atoms with Gasteiger partial charge in [0.05, 0.1) is 11.1 Å². The summed E-state index contributed by atoms with van der Waals surface area (Å²) in [5.41, 5.74) is 3.08. The van der Waals surface area contributed by atoms with Gasteiger partial charge in [-0.3, -0.25) is 24.1 Å². The van der Waals surface area contributed by atoms with Crippen LogP contribution in [0.3, 0.4) is 0 Å². The summed E-state index contributed by atoms with van der Waals surface area (Å²) in [4.78, 5) is 52.4. The van der Waals surface area contributed by atoms with Gasteiger partial charge in [0.1, 0.15) is 6.54 Å². The van der Waals surface area contributed by atoms with Crippen LogP contribution < -0.4 is 10.2 Å².